The van der Waals surface area contributed by atoms with Gasteiger partial charge in [0.15, 0.2) is 10.9 Å². The van der Waals surface area contributed by atoms with Crippen molar-refractivity contribution in [1.29, 1.82) is 0 Å². The second-order valence-electron chi connectivity index (χ2n) is 6.71. The fourth-order valence-corrected chi connectivity index (χ4v) is 3.54. The van der Waals surface area contributed by atoms with Crippen LogP contribution >= 0.6 is 22.9 Å². The first-order chi connectivity index (χ1) is 15.4. The van der Waals surface area contributed by atoms with Crippen LogP contribution in [0.5, 0.6) is 5.75 Å². The van der Waals surface area contributed by atoms with E-state index in [4.69, 9.17) is 20.8 Å². The van der Waals surface area contributed by atoms with E-state index in [-0.39, 0.29) is 24.5 Å². The Hall–Kier alpha value is -3.37. The molecule has 0 fully saturated rings. The largest absolute Gasteiger partial charge is 0.493 e. The van der Waals surface area contributed by atoms with Crippen LogP contribution in [0.1, 0.15) is 34.7 Å². The second-order valence-corrected chi connectivity index (χ2v) is 8.00. The topological polar surface area (TPSA) is 123 Å². The molecule has 1 aromatic carbocycles. The number of rotatable bonds is 9. The number of carbonyl (C=O) groups is 3. The Kier molecular flexibility index (Phi) is 8.23. The summed E-state index contributed by atoms with van der Waals surface area (Å²) >= 11 is 7.09. The number of thiazole rings is 1. The summed E-state index contributed by atoms with van der Waals surface area (Å²) in [6, 6.07) is 8.46. The smallest absolute Gasteiger partial charge is 0.293 e. The van der Waals surface area contributed by atoms with Gasteiger partial charge in [0, 0.05) is 16.8 Å². The van der Waals surface area contributed by atoms with Gasteiger partial charge in [0.1, 0.15) is 5.75 Å². The highest BCUT2D eigenvalue weighted by atomic mass is 35.5. The first-order valence-corrected chi connectivity index (χ1v) is 10.9. The maximum atomic E-state index is 12.0. The molecule has 3 rings (SSSR count). The Morgan fingerprint density at radius 1 is 1.19 bits per heavy atom. The van der Waals surface area contributed by atoms with Crippen molar-refractivity contribution in [3.8, 4) is 5.75 Å². The van der Waals surface area contributed by atoms with Crippen LogP contribution in [0.25, 0.3) is 0 Å². The molecule has 3 N–H and O–H groups in total. The average Bonchev–Trinajstić information content (AvgIpc) is 3.43. The third-order valence-electron chi connectivity index (χ3n) is 4.14. The van der Waals surface area contributed by atoms with Gasteiger partial charge in [-0.1, -0.05) is 11.6 Å². The van der Waals surface area contributed by atoms with E-state index >= 15 is 0 Å². The van der Waals surface area contributed by atoms with Crippen LogP contribution in [0.3, 0.4) is 0 Å². The van der Waals surface area contributed by atoms with E-state index in [9.17, 15) is 14.4 Å². The van der Waals surface area contributed by atoms with Gasteiger partial charge < -0.3 is 9.15 Å². The number of aryl methyl sites for hydroxylation is 1. The minimum Gasteiger partial charge on any atom is -0.493 e. The van der Waals surface area contributed by atoms with Crippen molar-refractivity contribution in [1.82, 2.24) is 15.8 Å². The minimum atomic E-state index is -0.430. The van der Waals surface area contributed by atoms with Gasteiger partial charge in [-0.25, -0.2) is 4.98 Å². The molecule has 0 aliphatic heterocycles. The number of aromatic nitrogens is 1. The van der Waals surface area contributed by atoms with Gasteiger partial charge in [-0.2, -0.15) is 0 Å². The fraction of sp³-hybridized carbons (Fsp3) is 0.238. The molecule has 0 spiro atoms. The molecule has 0 saturated heterocycles. The fourth-order valence-electron chi connectivity index (χ4n) is 2.61. The number of hydrogen-bond donors (Lipinski definition) is 3. The third-order valence-corrected chi connectivity index (χ3v) is 5.18. The van der Waals surface area contributed by atoms with Gasteiger partial charge in [0.25, 0.3) is 5.91 Å². The van der Waals surface area contributed by atoms with Crippen molar-refractivity contribution >= 4 is 45.8 Å². The zero-order valence-electron chi connectivity index (χ0n) is 17.1. The Bertz CT molecular complexity index is 1080. The Morgan fingerprint density at radius 3 is 2.75 bits per heavy atom. The maximum absolute atomic E-state index is 12.0. The summed E-state index contributed by atoms with van der Waals surface area (Å²) in [5.41, 5.74) is 6.08. The van der Waals surface area contributed by atoms with E-state index in [1.165, 1.54) is 23.7 Å². The van der Waals surface area contributed by atoms with Crippen molar-refractivity contribution in [3.63, 3.8) is 0 Å². The van der Waals surface area contributed by atoms with Crippen LogP contribution in [0, 0.1) is 6.92 Å². The van der Waals surface area contributed by atoms with Gasteiger partial charge in [-0.05, 0) is 49.2 Å². The number of hydrazine groups is 1. The summed E-state index contributed by atoms with van der Waals surface area (Å²) in [6.45, 7) is 2.25. The van der Waals surface area contributed by atoms with Gasteiger partial charge in [-0.3, -0.25) is 30.6 Å². The van der Waals surface area contributed by atoms with Crippen LogP contribution in [0.15, 0.2) is 46.4 Å². The molecular formula is C21H21ClN4O5S. The van der Waals surface area contributed by atoms with E-state index in [0.717, 1.165) is 5.56 Å². The van der Waals surface area contributed by atoms with Crippen LogP contribution in [-0.2, 0) is 16.0 Å². The van der Waals surface area contributed by atoms with E-state index in [2.05, 4.69) is 21.2 Å². The Morgan fingerprint density at radius 2 is 2.00 bits per heavy atom. The summed E-state index contributed by atoms with van der Waals surface area (Å²) in [5, 5.41) is 5.22. The summed E-state index contributed by atoms with van der Waals surface area (Å²) in [6.07, 6.45) is 2.02. The van der Waals surface area contributed by atoms with Gasteiger partial charge in [-0.15, -0.1) is 11.3 Å². The van der Waals surface area contributed by atoms with Crippen LogP contribution < -0.4 is 20.9 Å². The minimum absolute atomic E-state index is 0.0492. The molecule has 0 bridgehead atoms. The van der Waals surface area contributed by atoms with Crippen LogP contribution in [0.4, 0.5) is 5.13 Å². The molecule has 9 nitrogen and oxygen atoms in total. The summed E-state index contributed by atoms with van der Waals surface area (Å²) in [5.74, 6) is -0.315. The van der Waals surface area contributed by atoms with E-state index in [0.29, 0.717) is 34.6 Å². The van der Waals surface area contributed by atoms with Crippen LogP contribution in [0.2, 0.25) is 5.02 Å². The average molecular weight is 477 g/mol. The molecule has 2 heterocycles. The van der Waals surface area contributed by atoms with E-state index in [1.54, 1.807) is 29.6 Å². The summed E-state index contributed by atoms with van der Waals surface area (Å²) in [7, 11) is 0. The number of carbonyl (C=O) groups excluding carboxylic acids is 3. The molecule has 32 heavy (non-hydrogen) atoms. The number of hydrogen-bond acceptors (Lipinski definition) is 7. The number of furan rings is 1. The molecule has 3 aromatic rings. The first-order valence-electron chi connectivity index (χ1n) is 9.66. The number of ether oxygens (including phenoxy) is 1. The zero-order valence-corrected chi connectivity index (χ0v) is 18.7. The molecule has 3 amide bonds. The van der Waals surface area contributed by atoms with Crippen molar-refractivity contribution in [2.24, 2.45) is 0 Å². The summed E-state index contributed by atoms with van der Waals surface area (Å²) in [4.78, 5) is 40.0. The van der Waals surface area contributed by atoms with E-state index in [1.807, 2.05) is 6.92 Å². The van der Waals surface area contributed by atoms with Crippen molar-refractivity contribution in [2.45, 2.75) is 26.2 Å². The SMILES string of the molecule is Cc1cc(Cl)ccc1OCCCC(=O)NNC(=O)Cc1csc(NC(=O)c2ccco2)n1. The quantitative estimate of drug-likeness (QED) is 0.321. The number of nitrogens with zero attached hydrogens (tertiary/aromatic N) is 1. The lowest BCUT2D eigenvalue weighted by atomic mass is 10.2. The predicted octanol–water partition coefficient (Wildman–Crippen LogP) is 3.50. The highest BCUT2D eigenvalue weighted by Gasteiger charge is 2.13. The monoisotopic (exact) mass is 476 g/mol. The van der Waals surface area contributed by atoms with Gasteiger partial charge >= 0.3 is 0 Å². The number of amides is 3. The predicted molar refractivity (Wildman–Crippen MR) is 120 cm³/mol. The lowest BCUT2D eigenvalue weighted by Gasteiger charge is -2.10. The molecule has 0 unspecified atom stereocenters. The lowest BCUT2D eigenvalue weighted by molar-refractivity contribution is -0.128. The molecule has 2 aromatic heterocycles. The normalized spacial score (nSPS) is 10.4. The maximum Gasteiger partial charge on any atom is 0.293 e. The molecule has 0 radical (unpaired) electrons. The highest BCUT2D eigenvalue weighted by molar-refractivity contribution is 7.14. The van der Waals surface area contributed by atoms with Crippen LogP contribution in [-0.4, -0.2) is 29.3 Å². The van der Waals surface area contributed by atoms with Crippen molar-refractivity contribution < 1.29 is 23.5 Å². The molecular weight excluding hydrogens is 456 g/mol. The molecule has 168 valence electrons. The van der Waals surface area contributed by atoms with Gasteiger partial charge in [0.05, 0.1) is 25.0 Å². The molecule has 0 atom stereocenters. The standard InChI is InChI=1S/C21H21ClN4O5S/c1-13-10-14(22)6-7-16(13)30-9-3-5-18(27)25-26-19(28)11-15-12-32-21(23-15)24-20(29)17-4-2-8-31-17/h2,4,6-8,10,12H,3,5,9,11H2,1H3,(H,25,27)(H,26,28)(H,23,24,29). The summed E-state index contributed by atoms with van der Waals surface area (Å²) < 4.78 is 10.6. The van der Waals surface area contributed by atoms with E-state index < -0.39 is 11.8 Å². The molecule has 0 saturated carbocycles. The zero-order chi connectivity index (χ0) is 22.9. The third kappa shape index (κ3) is 7.10. The number of benzene rings is 1. The Balaban J connectivity index is 1.32. The number of anilines is 1. The van der Waals surface area contributed by atoms with Crippen molar-refractivity contribution in [2.75, 3.05) is 11.9 Å². The van der Waals surface area contributed by atoms with Crippen molar-refractivity contribution in [3.05, 3.63) is 64.0 Å². The Labute approximate surface area is 193 Å². The lowest BCUT2D eigenvalue weighted by Crippen LogP contribution is -2.42. The molecule has 0 aliphatic carbocycles. The van der Waals surface area contributed by atoms with Gasteiger partial charge in [0.2, 0.25) is 11.8 Å². The second kappa shape index (κ2) is 11.3. The highest BCUT2D eigenvalue weighted by Crippen LogP contribution is 2.22. The number of nitrogens with one attached hydrogen (secondary N) is 3. The number of halogens is 1. The molecule has 0 aliphatic rings. The first kappa shape index (κ1) is 23.3. The molecule has 11 heteroatoms.